The van der Waals surface area contributed by atoms with E-state index in [-0.39, 0.29) is 42.0 Å². The molecule has 2 aromatic rings. The zero-order chi connectivity index (χ0) is 17.2. The van der Waals surface area contributed by atoms with Crippen LogP contribution >= 0.6 is 24.8 Å². The number of amides is 1. The lowest BCUT2D eigenvalue weighted by atomic mass is 9.90. The number of hydrogen-bond donors (Lipinski definition) is 1. The third-order valence-electron chi connectivity index (χ3n) is 4.65. The van der Waals surface area contributed by atoms with Gasteiger partial charge >= 0.3 is 0 Å². The molecule has 0 aliphatic carbocycles. The largest absolute Gasteiger partial charge is 0.441 e. The second kappa shape index (κ2) is 9.35. The first-order valence-electron chi connectivity index (χ1n) is 8.18. The summed E-state index contributed by atoms with van der Waals surface area (Å²) in [5.74, 6) is 0.557. The Kier molecular flexibility index (Phi) is 8.06. The zero-order valence-electron chi connectivity index (χ0n) is 14.6. The summed E-state index contributed by atoms with van der Waals surface area (Å²) in [6.07, 6.45) is 3.17. The Labute approximate surface area is 165 Å². The Morgan fingerprint density at radius 3 is 2.77 bits per heavy atom. The lowest BCUT2D eigenvalue weighted by Crippen LogP contribution is -2.34. The van der Waals surface area contributed by atoms with E-state index in [2.05, 4.69) is 11.9 Å². The highest BCUT2D eigenvalue weighted by molar-refractivity contribution is 5.85. The average Bonchev–Trinajstić information content (AvgIpc) is 3.21. The van der Waals surface area contributed by atoms with Crippen LogP contribution in [0.4, 0.5) is 4.39 Å². The molecule has 8 heteroatoms. The van der Waals surface area contributed by atoms with Gasteiger partial charge in [0, 0.05) is 25.9 Å². The van der Waals surface area contributed by atoms with Gasteiger partial charge in [-0.3, -0.25) is 4.79 Å². The molecule has 2 N–H and O–H groups in total. The number of halogens is 3. The van der Waals surface area contributed by atoms with E-state index in [1.807, 2.05) is 4.90 Å². The number of carbonyl (C=O) groups excluding carboxylic acids is 1. The van der Waals surface area contributed by atoms with E-state index in [1.165, 1.54) is 12.3 Å². The van der Waals surface area contributed by atoms with E-state index in [9.17, 15) is 9.18 Å². The van der Waals surface area contributed by atoms with E-state index < -0.39 is 0 Å². The molecule has 0 radical (unpaired) electrons. The molecule has 3 rings (SSSR count). The highest BCUT2D eigenvalue weighted by atomic mass is 35.5. The number of aromatic nitrogens is 1. The number of likely N-dealkylation sites (tertiary alicyclic amines) is 1. The minimum Gasteiger partial charge on any atom is -0.441 e. The van der Waals surface area contributed by atoms with Crippen molar-refractivity contribution in [1.29, 1.82) is 0 Å². The summed E-state index contributed by atoms with van der Waals surface area (Å²) in [6, 6.07) is 6.39. The van der Waals surface area contributed by atoms with Gasteiger partial charge in [-0.05, 0) is 30.5 Å². The summed E-state index contributed by atoms with van der Waals surface area (Å²) in [6.45, 7) is 4.14. The van der Waals surface area contributed by atoms with Crippen LogP contribution in [0.3, 0.4) is 0 Å². The van der Waals surface area contributed by atoms with Gasteiger partial charge in [0.05, 0.1) is 11.8 Å². The molecule has 1 aliphatic heterocycles. The number of hydrogen-bond acceptors (Lipinski definition) is 4. The summed E-state index contributed by atoms with van der Waals surface area (Å²) in [4.78, 5) is 18.3. The normalized spacial score (nSPS) is 19.0. The molecule has 5 nitrogen and oxygen atoms in total. The number of nitrogens with zero attached hydrogens (tertiary/aromatic N) is 2. The van der Waals surface area contributed by atoms with Crippen molar-refractivity contribution in [2.75, 3.05) is 19.6 Å². The predicted molar refractivity (Wildman–Crippen MR) is 103 cm³/mol. The molecule has 1 amide bonds. The van der Waals surface area contributed by atoms with Crippen LogP contribution in [0.2, 0.25) is 0 Å². The van der Waals surface area contributed by atoms with Crippen molar-refractivity contribution < 1.29 is 13.6 Å². The van der Waals surface area contributed by atoms with Crippen LogP contribution in [-0.4, -0.2) is 35.4 Å². The highest BCUT2D eigenvalue weighted by Gasteiger charge is 2.34. The molecule has 2 heterocycles. The van der Waals surface area contributed by atoms with Crippen molar-refractivity contribution in [1.82, 2.24) is 9.88 Å². The number of carbonyl (C=O) groups is 1. The Morgan fingerprint density at radius 1 is 1.38 bits per heavy atom. The van der Waals surface area contributed by atoms with Gasteiger partial charge in [-0.2, -0.15) is 0 Å². The fourth-order valence-corrected chi connectivity index (χ4v) is 2.99. The molecular formula is C18H24Cl2FN3O2. The minimum atomic E-state index is -0.352. The second-order valence-electron chi connectivity index (χ2n) is 6.68. The molecule has 144 valence electrons. The molecule has 1 aliphatic rings. The van der Waals surface area contributed by atoms with E-state index in [0.29, 0.717) is 43.1 Å². The Morgan fingerprint density at radius 2 is 2.12 bits per heavy atom. The molecule has 1 unspecified atom stereocenters. The lowest BCUT2D eigenvalue weighted by molar-refractivity contribution is -0.130. The first kappa shape index (κ1) is 22.4. The SMILES string of the molecule is CC1(CN)CCN(C(=O)CCc2ncc(-c3ccccc3F)o2)C1.Cl.Cl. The standard InChI is InChI=1S/C18H22FN3O2.2ClH/c1-18(11-20)8-9-22(12-18)17(23)7-6-16-21-10-15(24-16)13-4-2-3-5-14(13)19;;/h2-5,10H,6-9,11-12,20H2,1H3;2*1H. The van der Waals surface area contributed by atoms with Gasteiger partial charge in [0.1, 0.15) is 5.82 Å². The maximum Gasteiger partial charge on any atom is 0.223 e. The number of rotatable bonds is 5. The zero-order valence-corrected chi connectivity index (χ0v) is 16.2. The molecule has 1 aromatic carbocycles. The summed E-state index contributed by atoms with van der Waals surface area (Å²) in [7, 11) is 0. The van der Waals surface area contributed by atoms with E-state index in [4.69, 9.17) is 10.2 Å². The van der Waals surface area contributed by atoms with Crippen molar-refractivity contribution in [2.24, 2.45) is 11.1 Å². The fraction of sp³-hybridized carbons (Fsp3) is 0.444. The number of nitrogens with two attached hydrogens (primary N) is 1. The van der Waals surface area contributed by atoms with Crippen LogP contribution in [0.1, 0.15) is 25.7 Å². The van der Waals surface area contributed by atoms with Gasteiger partial charge in [0.15, 0.2) is 11.7 Å². The van der Waals surface area contributed by atoms with Crippen LogP contribution in [0.25, 0.3) is 11.3 Å². The topological polar surface area (TPSA) is 72.4 Å². The second-order valence-corrected chi connectivity index (χ2v) is 6.68. The fourth-order valence-electron chi connectivity index (χ4n) is 2.99. The van der Waals surface area contributed by atoms with E-state index >= 15 is 0 Å². The number of oxazole rings is 1. The first-order chi connectivity index (χ1) is 11.5. The van der Waals surface area contributed by atoms with Crippen molar-refractivity contribution in [3.63, 3.8) is 0 Å². The Bertz CT molecular complexity index is 741. The van der Waals surface area contributed by atoms with Gasteiger partial charge in [-0.15, -0.1) is 24.8 Å². The summed E-state index contributed by atoms with van der Waals surface area (Å²) in [5.41, 5.74) is 6.17. The van der Waals surface area contributed by atoms with Crippen LogP contribution < -0.4 is 5.73 Å². The smallest absolute Gasteiger partial charge is 0.223 e. The summed E-state index contributed by atoms with van der Waals surface area (Å²) >= 11 is 0. The number of aryl methyl sites for hydroxylation is 1. The molecule has 0 bridgehead atoms. The molecule has 0 saturated carbocycles. The molecule has 1 fully saturated rings. The predicted octanol–water partition coefficient (Wildman–Crippen LogP) is 3.45. The molecule has 0 spiro atoms. The lowest BCUT2D eigenvalue weighted by Gasteiger charge is -2.22. The van der Waals surface area contributed by atoms with Crippen molar-refractivity contribution >= 4 is 30.7 Å². The van der Waals surface area contributed by atoms with Crippen molar-refractivity contribution in [3.05, 3.63) is 42.2 Å². The minimum absolute atomic E-state index is 0. The van der Waals surface area contributed by atoms with E-state index in [1.54, 1.807) is 18.2 Å². The Balaban J connectivity index is 0.00000169. The van der Waals surface area contributed by atoms with E-state index in [0.717, 1.165) is 13.0 Å². The van der Waals surface area contributed by atoms with Gasteiger partial charge in [0.2, 0.25) is 5.91 Å². The maximum atomic E-state index is 13.8. The average molecular weight is 404 g/mol. The van der Waals surface area contributed by atoms with Crippen LogP contribution in [0.15, 0.2) is 34.9 Å². The number of benzene rings is 1. The highest BCUT2D eigenvalue weighted by Crippen LogP contribution is 2.29. The first-order valence-corrected chi connectivity index (χ1v) is 8.18. The van der Waals surface area contributed by atoms with Crippen LogP contribution in [0.5, 0.6) is 0 Å². The molecule has 1 aromatic heterocycles. The third kappa shape index (κ3) is 4.96. The third-order valence-corrected chi connectivity index (χ3v) is 4.65. The van der Waals surface area contributed by atoms with Crippen LogP contribution in [-0.2, 0) is 11.2 Å². The quantitative estimate of drug-likeness (QED) is 0.829. The summed E-state index contributed by atoms with van der Waals surface area (Å²) < 4.78 is 19.3. The van der Waals surface area contributed by atoms with Gasteiger partial charge < -0.3 is 15.1 Å². The molecule has 1 saturated heterocycles. The monoisotopic (exact) mass is 403 g/mol. The van der Waals surface area contributed by atoms with Gasteiger partial charge in [-0.25, -0.2) is 9.37 Å². The Hall–Kier alpha value is -1.63. The van der Waals surface area contributed by atoms with Crippen molar-refractivity contribution in [3.8, 4) is 11.3 Å². The summed E-state index contributed by atoms with van der Waals surface area (Å²) in [5, 5.41) is 0. The van der Waals surface area contributed by atoms with Gasteiger partial charge in [-0.1, -0.05) is 19.1 Å². The molecule has 26 heavy (non-hydrogen) atoms. The van der Waals surface area contributed by atoms with Crippen LogP contribution in [0, 0.1) is 11.2 Å². The van der Waals surface area contributed by atoms with Crippen molar-refractivity contribution in [2.45, 2.75) is 26.2 Å². The maximum absolute atomic E-state index is 13.8. The molecular weight excluding hydrogens is 380 g/mol. The molecule has 1 atom stereocenters. The van der Waals surface area contributed by atoms with Gasteiger partial charge in [0.25, 0.3) is 0 Å².